The minimum atomic E-state index is -0.227. The summed E-state index contributed by atoms with van der Waals surface area (Å²) in [5, 5.41) is 7.87. The summed E-state index contributed by atoms with van der Waals surface area (Å²) in [4.78, 5) is 27.6. The number of anilines is 1. The predicted octanol–water partition coefficient (Wildman–Crippen LogP) is 4.48. The summed E-state index contributed by atoms with van der Waals surface area (Å²) < 4.78 is 5.24. The molecule has 168 valence electrons. The van der Waals surface area contributed by atoms with Gasteiger partial charge in [0, 0.05) is 12.5 Å². The molecule has 32 heavy (non-hydrogen) atoms. The number of fused-ring (bicyclic) bond motifs is 1. The Balaban J connectivity index is 1.86. The first kappa shape index (κ1) is 23.3. The molecule has 0 aliphatic rings. The summed E-state index contributed by atoms with van der Waals surface area (Å²) >= 11 is 0. The molecular formula is C26H31N3O3. The molecule has 0 aliphatic carbocycles. The van der Waals surface area contributed by atoms with Gasteiger partial charge in [0.15, 0.2) is 0 Å². The zero-order valence-electron chi connectivity index (χ0n) is 19.3. The molecule has 3 rings (SSSR count). The number of likely N-dealkylation sites (N-methyl/N-ethyl adjacent to an activating group) is 1. The summed E-state index contributed by atoms with van der Waals surface area (Å²) in [5.74, 6) is 0.247. The monoisotopic (exact) mass is 433 g/mol. The average molecular weight is 434 g/mol. The topological polar surface area (TPSA) is 70.7 Å². The van der Waals surface area contributed by atoms with Crippen LogP contribution in [0.2, 0.25) is 0 Å². The molecular weight excluding hydrogens is 402 g/mol. The molecule has 1 atom stereocenters. The lowest BCUT2D eigenvalue weighted by molar-refractivity contribution is -0.118. The molecule has 0 spiro atoms. The quantitative estimate of drug-likeness (QED) is 0.550. The summed E-state index contributed by atoms with van der Waals surface area (Å²) in [6.45, 7) is 4.07. The molecule has 0 fully saturated rings. The second kappa shape index (κ2) is 10.3. The van der Waals surface area contributed by atoms with Crippen molar-refractivity contribution < 1.29 is 14.3 Å². The molecule has 0 heterocycles. The number of benzene rings is 3. The van der Waals surface area contributed by atoms with Crippen LogP contribution in [0.25, 0.3) is 10.8 Å². The van der Waals surface area contributed by atoms with E-state index in [-0.39, 0.29) is 23.8 Å². The van der Waals surface area contributed by atoms with Gasteiger partial charge in [0.25, 0.3) is 5.91 Å². The summed E-state index contributed by atoms with van der Waals surface area (Å²) in [7, 11) is 5.59. The van der Waals surface area contributed by atoms with Crippen LogP contribution in [0.5, 0.6) is 5.75 Å². The number of carbonyl (C=O) groups is 2. The highest BCUT2D eigenvalue weighted by Crippen LogP contribution is 2.26. The summed E-state index contributed by atoms with van der Waals surface area (Å²) in [6.07, 6.45) is 0. The Morgan fingerprint density at radius 3 is 2.16 bits per heavy atom. The van der Waals surface area contributed by atoms with E-state index >= 15 is 0 Å². The van der Waals surface area contributed by atoms with Gasteiger partial charge < -0.3 is 20.3 Å². The standard InChI is InChI=1S/C26H31N3O3/c1-17(2)25(30)28-23-15-20-9-7-6-8-19(20)14-22(23)26(31)27-16-24(29(3)4)18-10-12-21(32-5)13-11-18/h6-15,17,24H,16H2,1-5H3,(H,27,31)(H,28,30)/t24-/m1/s1. The van der Waals surface area contributed by atoms with Crippen LogP contribution in [-0.2, 0) is 4.79 Å². The highest BCUT2D eigenvalue weighted by Gasteiger charge is 2.19. The van der Waals surface area contributed by atoms with Crippen molar-refractivity contribution in [3.63, 3.8) is 0 Å². The first-order chi connectivity index (χ1) is 15.3. The lowest BCUT2D eigenvalue weighted by Gasteiger charge is -2.25. The molecule has 6 heteroatoms. The molecule has 0 saturated carbocycles. The third-order valence-corrected chi connectivity index (χ3v) is 5.49. The molecule has 2 N–H and O–H groups in total. The van der Waals surface area contributed by atoms with Gasteiger partial charge in [0.05, 0.1) is 24.4 Å². The average Bonchev–Trinajstić information content (AvgIpc) is 2.78. The van der Waals surface area contributed by atoms with E-state index in [0.29, 0.717) is 17.8 Å². The minimum Gasteiger partial charge on any atom is -0.497 e. The van der Waals surface area contributed by atoms with Crippen molar-refractivity contribution in [2.24, 2.45) is 5.92 Å². The first-order valence-corrected chi connectivity index (χ1v) is 10.7. The maximum absolute atomic E-state index is 13.2. The van der Waals surface area contributed by atoms with Crippen LogP contribution in [0, 0.1) is 5.92 Å². The number of ether oxygens (including phenoxy) is 1. The van der Waals surface area contributed by atoms with E-state index < -0.39 is 0 Å². The fourth-order valence-corrected chi connectivity index (χ4v) is 3.52. The van der Waals surface area contributed by atoms with Gasteiger partial charge in [0.2, 0.25) is 5.91 Å². The Kier molecular flexibility index (Phi) is 7.49. The molecule has 0 aliphatic heterocycles. The van der Waals surface area contributed by atoms with E-state index in [1.807, 2.05) is 88.6 Å². The SMILES string of the molecule is COc1ccc([C@@H](CNC(=O)c2cc3ccccc3cc2NC(=O)C(C)C)N(C)C)cc1. The van der Waals surface area contributed by atoms with Crippen LogP contribution < -0.4 is 15.4 Å². The Bertz CT molecular complexity index is 1090. The molecule has 3 aromatic rings. The molecule has 0 radical (unpaired) electrons. The van der Waals surface area contributed by atoms with Gasteiger partial charge in [-0.1, -0.05) is 50.2 Å². The van der Waals surface area contributed by atoms with Crippen LogP contribution in [-0.4, -0.2) is 44.5 Å². The maximum atomic E-state index is 13.2. The second-order valence-electron chi connectivity index (χ2n) is 8.35. The number of rotatable bonds is 8. The molecule has 6 nitrogen and oxygen atoms in total. The zero-order chi connectivity index (χ0) is 23.3. The normalized spacial score (nSPS) is 12.1. The Labute approximate surface area is 189 Å². The van der Waals surface area contributed by atoms with Crippen LogP contribution in [0.1, 0.15) is 35.8 Å². The van der Waals surface area contributed by atoms with E-state index in [1.165, 1.54) is 0 Å². The molecule has 0 bridgehead atoms. The Morgan fingerprint density at radius 2 is 1.59 bits per heavy atom. The van der Waals surface area contributed by atoms with Crippen molar-refractivity contribution in [2.45, 2.75) is 19.9 Å². The smallest absolute Gasteiger partial charge is 0.253 e. The fraction of sp³-hybridized carbons (Fsp3) is 0.308. The highest BCUT2D eigenvalue weighted by molar-refractivity contribution is 6.08. The van der Waals surface area contributed by atoms with E-state index in [1.54, 1.807) is 7.11 Å². The molecule has 2 amide bonds. The van der Waals surface area contributed by atoms with E-state index in [4.69, 9.17) is 4.74 Å². The van der Waals surface area contributed by atoms with Crippen molar-refractivity contribution in [1.82, 2.24) is 10.2 Å². The second-order valence-corrected chi connectivity index (χ2v) is 8.35. The van der Waals surface area contributed by atoms with Gasteiger partial charge >= 0.3 is 0 Å². The number of nitrogens with zero attached hydrogens (tertiary/aromatic N) is 1. The van der Waals surface area contributed by atoms with E-state index in [9.17, 15) is 9.59 Å². The highest BCUT2D eigenvalue weighted by atomic mass is 16.5. The van der Waals surface area contributed by atoms with Crippen molar-refractivity contribution in [3.05, 3.63) is 71.8 Å². The number of amides is 2. The summed E-state index contributed by atoms with van der Waals surface area (Å²) in [6, 6.07) is 19.3. The number of methoxy groups -OCH3 is 1. The van der Waals surface area contributed by atoms with Crippen LogP contribution >= 0.6 is 0 Å². The molecule has 3 aromatic carbocycles. The predicted molar refractivity (Wildman–Crippen MR) is 129 cm³/mol. The number of hydrogen-bond donors (Lipinski definition) is 2. The van der Waals surface area contributed by atoms with Crippen molar-refractivity contribution >= 4 is 28.3 Å². The van der Waals surface area contributed by atoms with Gasteiger partial charge in [-0.25, -0.2) is 0 Å². The zero-order valence-corrected chi connectivity index (χ0v) is 19.3. The van der Waals surface area contributed by atoms with Gasteiger partial charge in [-0.3, -0.25) is 9.59 Å². The fourth-order valence-electron chi connectivity index (χ4n) is 3.52. The van der Waals surface area contributed by atoms with Crippen LogP contribution in [0.15, 0.2) is 60.7 Å². The van der Waals surface area contributed by atoms with Gasteiger partial charge in [-0.2, -0.15) is 0 Å². The van der Waals surface area contributed by atoms with E-state index in [0.717, 1.165) is 22.1 Å². The van der Waals surface area contributed by atoms with Gasteiger partial charge in [-0.15, -0.1) is 0 Å². The molecule has 0 aromatic heterocycles. The van der Waals surface area contributed by atoms with Crippen molar-refractivity contribution in [1.29, 1.82) is 0 Å². The number of hydrogen-bond acceptors (Lipinski definition) is 4. The lowest BCUT2D eigenvalue weighted by atomic mass is 10.0. The van der Waals surface area contributed by atoms with E-state index in [2.05, 4.69) is 15.5 Å². The van der Waals surface area contributed by atoms with Gasteiger partial charge in [-0.05, 0) is 54.7 Å². The lowest BCUT2D eigenvalue weighted by Crippen LogP contribution is -2.35. The van der Waals surface area contributed by atoms with Gasteiger partial charge in [0.1, 0.15) is 5.75 Å². The number of nitrogens with one attached hydrogen (secondary N) is 2. The molecule has 0 saturated heterocycles. The third kappa shape index (κ3) is 5.45. The largest absolute Gasteiger partial charge is 0.497 e. The van der Waals surface area contributed by atoms with Crippen LogP contribution in [0.3, 0.4) is 0 Å². The minimum absolute atomic E-state index is 0.0148. The van der Waals surface area contributed by atoms with Crippen molar-refractivity contribution in [3.8, 4) is 5.75 Å². The van der Waals surface area contributed by atoms with Crippen LogP contribution in [0.4, 0.5) is 5.69 Å². The third-order valence-electron chi connectivity index (χ3n) is 5.49. The molecule has 0 unspecified atom stereocenters. The Morgan fingerprint density at radius 1 is 0.969 bits per heavy atom. The van der Waals surface area contributed by atoms with Crippen molar-refractivity contribution in [2.75, 3.05) is 33.1 Å². The first-order valence-electron chi connectivity index (χ1n) is 10.7. The Hall–Kier alpha value is -3.38. The number of carbonyl (C=O) groups excluding carboxylic acids is 2. The summed E-state index contributed by atoms with van der Waals surface area (Å²) in [5.41, 5.74) is 2.04. The maximum Gasteiger partial charge on any atom is 0.253 e.